The third-order valence-corrected chi connectivity index (χ3v) is 4.28. The number of thiazole rings is 1. The fourth-order valence-electron chi connectivity index (χ4n) is 2.05. The summed E-state index contributed by atoms with van der Waals surface area (Å²) in [5.41, 5.74) is 1.24. The van der Waals surface area contributed by atoms with E-state index in [0.29, 0.717) is 29.1 Å². The monoisotopic (exact) mass is 299 g/mol. The highest BCUT2D eigenvalue weighted by Gasteiger charge is 2.15. The molecule has 6 heteroatoms. The topological polar surface area (TPSA) is 68.9 Å². The van der Waals surface area contributed by atoms with Gasteiger partial charge in [0.1, 0.15) is 4.70 Å². The average molecular weight is 299 g/mol. The van der Waals surface area contributed by atoms with Crippen LogP contribution >= 0.6 is 11.3 Å². The molecule has 3 rings (SSSR count). The molecule has 0 atom stereocenters. The summed E-state index contributed by atoms with van der Waals surface area (Å²) in [6, 6.07) is 10.8. The first-order valence-corrected chi connectivity index (χ1v) is 7.35. The summed E-state index contributed by atoms with van der Waals surface area (Å²) in [5, 5.41) is 15.6. The van der Waals surface area contributed by atoms with Gasteiger partial charge in [0.15, 0.2) is 0 Å². The molecule has 2 heterocycles. The maximum absolute atomic E-state index is 12.1. The van der Waals surface area contributed by atoms with E-state index in [1.807, 2.05) is 18.2 Å². The van der Waals surface area contributed by atoms with Gasteiger partial charge in [-0.3, -0.25) is 9.78 Å². The molecule has 0 radical (unpaired) electrons. The highest BCUT2D eigenvalue weighted by atomic mass is 32.1. The van der Waals surface area contributed by atoms with Gasteiger partial charge in [-0.05, 0) is 18.2 Å². The van der Waals surface area contributed by atoms with E-state index in [1.54, 1.807) is 30.6 Å². The van der Waals surface area contributed by atoms with Gasteiger partial charge in [0.05, 0.1) is 6.42 Å². The lowest BCUT2D eigenvalue weighted by Gasteiger charge is -2.03. The summed E-state index contributed by atoms with van der Waals surface area (Å²) in [7, 11) is 0. The molecule has 1 amide bonds. The highest BCUT2D eigenvalue weighted by molar-refractivity contribution is 7.18. The number of hydrogen-bond acceptors (Lipinski definition) is 4. The first kappa shape index (κ1) is 13.5. The number of nitrogens with one attached hydrogen (secondary N) is 1. The van der Waals surface area contributed by atoms with E-state index < -0.39 is 0 Å². The van der Waals surface area contributed by atoms with Crippen LogP contribution in [0.15, 0.2) is 48.8 Å². The molecule has 0 fully saturated rings. The van der Waals surface area contributed by atoms with Gasteiger partial charge in [0, 0.05) is 30.6 Å². The van der Waals surface area contributed by atoms with E-state index in [1.165, 1.54) is 11.3 Å². The van der Waals surface area contributed by atoms with E-state index in [-0.39, 0.29) is 5.91 Å². The Morgan fingerprint density at radius 2 is 2.00 bits per heavy atom. The second-order valence-corrected chi connectivity index (χ2v) is 5.61. The van der Waals surface area contributed by atoms with Crippen molar-refractivity contribution in [2.75, 3.05) is 6.54 Å². The van der Waals surface area contributed by atoms with Gasteiger partial charge in [0.25, 0.3) is 10.9 Å². The Labute approximate surface area is 125 Å². The number of rotatable bonds is 4. The number of pyridine rings is 1. The number of para-hydroxylation sites is 1. The van der Waals surface area contributed by atoms with Crippen molar-refractivity contribution in [3.8, 4) is 0 Å². The third kappa shape index (κ3) is 2.85. The van der Waals surface area contributed by atoms with Crippen LogP contribution in [0.4, 0.5) is 0 Å². The van der Waals surface area contributed by atoms with Crippen LogP contribution in [0.1, 0.15) is 15.4 Å². The molecule has 0 aliphatic carbocycles. The smallest absolute Gasteiger partial charge is 0.251 e. The Bertz CT molecular complexity index is 771. The van der Waals surface area contributed by atoms with Gasteiger partial charge in [-0.2, -0.15) is 4.73 Å². The van der Waals surface area contributed by atoms with E-state index in [0.717, 1.165) is 9.43 Å². The SMILES string of the molecule is O=C(NCCc1sc2ccccc2[n+]1[O-])c1ccncc1. The minimum absolute atomic E-state index is 0.157. The molecule has 2 aromatic heterocycles. The summed E-state index contributed by atoms with van der Waals surface area (Å²) < 4.78 is 1.90. The molecule has 0 bridgehead atoms. The highest BCUT2D eigenvalue weighted by Crippen LogP contribution is 2.19. The predicted molar refractivity (Wildman–Crippen MR) is 81.1 cm³/mol. The van der Waals surface area contributed by atoms with Crippen molar-refractivity contribution in [2.24, 2.45) is 0 Å². The van der Waals surface area contributed by atoms with Crippen molar-refractivity contribution in [1.29, 1.82) is 0 Å². The second kappa shape index (κ2) is 5.88. The summed E-state index contributed by atoms with van der Waals surface area (Å²) in [4.78, 5) is 15.7. The quantitative estimate of drug-likeness (QED) is 0.591. The van der Waals surface area contributed by atoms with Crippen LogP contribution in [0.2, 0.25) is 0 Å². The van der Waals surface area contributed by atoms with Crippen molar-refractivity contribution >= 4 is 27.5 Å². The zero-order valence-corrected chi connectivity index (χ0v) is 12.0. The Kier molecular flexibility index (Phi) is 3.79. The minimum Gasteiger partial charge on any atom is -0.617 e. The van der Waals surface area contributed by atoms with Crippen molar-refractivity contribution in [2.45, 2.75) is 6.42 Å². The largest absolute Gasteiger partial charge is 0.617 e. The molecule has 0 aliphatic rings. The number of hydrogen-bond donors (Lipinski definition) is 1. The molecular formula is C15H13N3O2S. The van der Waals surface area contributed by atoms with Gasteiger partial charge >= 0.3 is 0 Å². The number of aromatic nitrogens is 2. The van der Waals surface area contributed by atoms with E-state index in [4.69, 9.17) is 0 Å². The lowest BCUT2D eigenvalue weighted by atomic mass is 10.2. The molecule has 21 heavy (non-hydrogen) atoms. The van der Waals surface area contributed by atoms with Crippen LogP contribution in [0, 0.1) is 5.21 Å². The van der Waals surface area contributed by atoms with Crippen molar-refractivity contribution in [1.82, 2.24) is 10.3 Å². The zero-order valence-electron chi connectivity index (χ0n) is 11.2. The molecule has 1 aromatic carbocycles. The predicted octanol–water partition coefficient (Wildman–Crippen LogP) is 1.90. The fraction of sp³-hybridized carbons (Fsp3) is 0.133. The molecule has 0 saturated carbocycles. The van der Waals surface area contributed by atoms with Crippen molar-refractivity contribution in [3.63, 3.8) is 0 Å². The van der Waals surface area contributed by atoms with Crippen LogP contribution in [0.25, 0.3) is 10.2 Å². The van der Waals surface area contributed by atoms with Gasteiger partial charge in [-0.25, -0.2) is 0 Å². The number of nitrogens with zero attached hydrogens (tertiary/aromatic N) is 2. The second-order valence-electron chi connectivity index (χ2n) is 4.50. The molecule has 1 N–H and O–H groups in total. The van der Waals surface area contributed by atoms with Gasteiger partial charge in [-0.15, -0.1) is 0 Å². The number of carbonyl (C=O) groups is 1. The Morgan fingerprint density at radius 3 is 2.76 bits per heavy atom. The van der Waals surface area contributed by atoms with E-state index >= 15 is 0 Å². The molecule has 106 valence electrons. The summed E-state index contributed by atoms with van der Waals surface area (Å²) in [6.45, 7) is 0.427. The van der Waals surface area contributed by atoms with Crippen LogP contribution in [-0.4, -0.2) is 17.4 Å². The molecule has 3 aromatic rings. The summed E-state index contributed by atoms with van der Waals surface area (Å²) in [5.74, 6) is -0.157. The Balaban J connectivity index is 1.65. The lowest BCUT2D eigenvalue weighted by molar-refractivity contribution is -0.580. The molecule has 0 aliphatic heterocycles. The number of benzene rings is 1. The molecule has 0 unspecified atom stereocenters. The lowest BCUT2D eigenvalue weighted by Crippen LogP contribution is -2.32. The van der Waals surface area contributed by atoms with Gasteiger partial charge in [0.2, 0.25) is 5.52 Å². The Morgan fingerprint density at radius 1 is 1.24 bits per heavy atom. The first-order valence-electron chi connectivity index (χ1n) is 6.54. The van der Waals surface area contributed by atoms with Crippen molar-refractivity contribution < 1.29 is 9.52 Å². The first-order chi connectivity index (χ1) is 10.3. The summed E-state index contributed by atoms with van der Waals surface area (Å²) in [6.07, 6.45) is 3.67. The maximum Gasteiger partial charge on any atom is 0.251 e. The van der Waals surface area contributed by atoms with Gasteiger partial charge < -0.3 is 10.5 Å². The zero-order chi connectivity index (χ0) is 14.7. The Hall–Kier alpha value is -2.47. The minimum atomic E-state index is -0.157. The third-order valence-electron chi connectivity index (χ3n) is 3.11. The van der Waals surface area contributed by atoms with Gasteiger partial charge in [-0.1, -0.05) is 23.5 Å². The van der Waals surface area contributed by atoms with Crippen LogP contribution < -0.4 is 10.0 Å². The van der Waals surface area contributed by atoms with E-state index in [2.05, 4.69) is 10.3 Å². The molecule has 0 saturated heterocycles. The standard InChI is InChI=1S/C15H13N3O2S/c19-15(11-5-8-16-9-6-11)17-10-7-14-18(20)12-3-1-2-4-13(12)21-14/h1-6,8-9H,7,10H2,(H,17,19). The van der Waals surface area contributed by atoms with Crippen molar-refractivity contribution in [3.05, 3.63) is 64.6 Å². The van der Waals surface area contributed by atoms with Crippen LogP contribution in [-0.2, 0) is 6.42 Å². The normalized spacial score (nSPS) is 10.7. The molecular weight excluding hydrogens is 286 g/mol. The molecule has 5 nitrogen and oxygen atoms in total. The molecule has 0 spiro atoms. The summed E-state index contributed by atoms with van der Waals surface area (Å²) >= 11 is 1.46. The average Bonchev–Trinajstić information content (AvgIpc) is 2.85. The maximum atomic E-state index is 12.1. The number of fused-ring (bicyclic) bond motifs is 1. The van der Waals surface area contributed by atoms with E-state index in [9.17, 15) is 10.0 Å². The number of carbonyl (C=O) groups excluding carboxylic acids is 1. The van der Waals surface area contributed by atoms with Crippen LogP contribution in [0.5, 0.6) is 0 Å². The number of amides is 1. The van der Waals surface area contributed by atoms with Crippen LogP contribution in [0.3, 0.4) is 0 Å². The fourth-order valence-corrected chi connectivity index (χ4v) is 3.10.